The van der Waals surface area contributed by atoms with Gasteiger partial charge in [-0.2, -0.15) is 0 Å². The number of thioether (sulfide) groups is 1. The van der Waals surface area contributed by atoms with Gasteiger partial charge in [-0.25, -0.2) is 9.59 Å². The fourth-order valence-electron chi connectivity index (χ4n) is 1.62. The second kappa shape index (κ2) is 8.46. The predicted molar refractivity (Wildman–Crippen MR) is 80.3 cm³/mol. The van der Waals surface area contributed by atoms with Crippen molar-refractivity contribution in [2.24, 2.45) is 0 Å². The summed E-state index contributed by atoms with van der Waals surface area (Å²) in [6.07, 6.45) is 0. The third-order valence-electron chi connectivity index (χ3n) is 2.46. The van der Waals surface area contributed by atoms with E-state index in [0.717, 1.165) is 11.8 Å². The molecule has 0 aliphatic carbocycles. The summed E-state index contributed by atoms with van der Waals surface area (Å²) in [5, 5.41) is -0.0331. The molecule has 0 bridgehead atoms. The van der Waals surface area contributed by atoms with Gasteiger partial charge in [-0.3, -0.25) is 4.79 Å². The molecule has 0 aliphatic rings. The first-order valence-electron chi connectivity index (χ1n) is 6.59. The smallest absolute Gasteiger partial charge is 0.338 e. The Morgan fingerprint density at radius 3 is 1.81 bits per heavy atom. The van der Waals surface area contributed by atoms with E-state index in [4.69, 9.17) is 9.47 Å². The van der Waals surface area contributed by atoms with Crippen LogP contribution in [-0.4, -0.2) is 30.3 Å². The van der Waals surface area contributed by atoms with Crippen LogP contribution in [0.15, 0.2) is 18.2 Å². The Bertz CT molecular complexity index is 503. The van der Waals surface area contributed by atoms with Gasteiger partial charge in [0.05, 0.1) is 24.3 Å². The number of hydrogen-bond acceptors (Lipinski definition) is 6. The second-order valence-electron chi connectivity index (χ2n) is 4.14. The fraction of sp³-hybridized carbons (Fsp3) is 0.400. The van der Waals surface area contributed by atoms with Crippen molar-refractivity contribution in [1.82, 2.24) is 0 Å². The van der Waals surface area contributed by atoms with E-state index in [9.17, 15) is 14.4 Å². The summed E-state index contributed by atoms with van der Waals surface area (Å²) in [5.74, 6) is -0.620. The molecule has 114 valence electrons. The molecule has 0 radical (unpaired) electrons. The molecule has 0 saturated carbocycles. The van der Waals surface area contributed by atoms with E-state index in [1.54, 1.807) is 26.0 Å². The highest BCUT2D eigenvalue weighted by molar-refractivity contribution is 8.12. The third-order valence-corrected chi connectivity index (χ3v) is 3.34. The molecule has 6 heteroatoms. The molecule has 1 aromatic rings. The largest absolute Gasteiger partial charge is 0.462 e. The molecule has 0 unspecified atom stereocenters. The van der Waals surface area contributed by atoms with Crippen molar-refractivity contribution in [2.45, 2.75) is 26.5 Å². The van der Waals surface area contributed by atoms with Crippen molar-refractivity contribution in [3.63, 3.8) is 0 Å². The Labute approximate surface area is 128 Å². The summed E-state index contributed by atoms with van der Waals surface area (Å²) in [4.78, 5) is 34.7. The first-order chi connectivity index (χ1) is 9.97. The van der Waals surface area contributed by atoms with Crippen molar-refractivity contribution in [3.8, 4) is 0 Å². The molecule has 0 N–H and O–H groups in total. The van der Waals surface area contributed by atoms with Crippen LogP contribution in [0.25, 0.3) is 0 Å². The molecule has 5 nitrogen and oxygen atoms in total. The Morgan fingerprint density at radius 1 is 0.952 bits per heavy atom. The molecular formula is C15H18O5S. The standard InChI is InChI=1S/C15H18O5S/c1-4-19-14(17)12-6-11(9-21-10(3)16)7-13(8-12)15(18)20-5-2/h6-8H,4-5,9H2,1-3H3. The Hall–Kier alpha value is -1.82. The highest BCUT2D eigenvalue weighted by Gasteiger charge is 2.15. The molecule has 0 spiro atoms. The zero-order valence-electron chi connectivity index (χ0n) is 12.3. The van der Waals surface area contributed by atoms with Gasteiger partial charge in [0, 0.05) is 12.7 Å². The molecule has 0 aromatic heterocycles. The molecule has 0 fully saturated rings. The first-order valence-corrected chi connectivity index (χ1v) is 7.58. The average Bonchev–Trinajstić information content (AvgIpc) is 2.45. The lowest BCUT2D eigenvalue weighted by atomic mass is 10.1. The molecule has 1 rings (SSSR count). The Kier molecular flexibility index (Phi) is 6.94. The van der Waals surface area contributed by atoms with E-state index in [2.05, 4.69) is 0 Å². The van der Waals surface area contributed by atoms with Crippen molar-refractivity contribution in [2.75, 3.05) is 13.2 Å². The minimum atomic E-state index is -0.502. The maximum atomic E-state index is 11.8. The number of carbonyl (C=O) groups is 3. The molecule has 0 amide bonds. The van der Waals surface area contributed by atoms with Gasteiger partial charge in [0.2, 0.25) is 0 Å². The summed E-state index contributed by atoms with van der Waals surface area (Å²) in [7, 11) is 0. The lowest BCUT2D eigenvalue weighted by Gasteiger charge is -2.08. The Morgan fingerprint density at radius 2 is 1.43 bits per heavy atom. The van der Waals surface area contributed by atoms with Gasteiger partial charge in [-0.1, -0.05) is 11.8 Å². The van der Waals surface area contributed by atoms with Crippen LogP contribution < -0.4 is 0 Å². The van der Waals surface area contributed by atoms with Crippen LogP contribution in [-0.2, 0) is 20.0 Å². The van der Waals surface area contributed by atoms with Gasteiger partial charge in [0.1, 0.15) is 0 Å². The second-order valence-corrected chi connectivity index (χ2v) is 5.29. The fourth-order valence-corrected chi connectivity index (χ4v) is 2.16. The summed E-state index contributed by atoms with van der Waals surface area (Å²) in [5.41, 5.74) is 1.26. The summed E-state index contributed by atoms with van der Waals surface area (Å²) in [6.45, 7) is 5.38. The van der Waals surface area contributed by atoms with Crippen molar-refractivity contribution in [3.05, 3.63) is 34.9 Å². The van der Waals surface area contributed by atoms with Crippen LogP contribution in [0.5, 0.6) is 0 Å². The summed E-state index contributed by atoms with van der Waals surface area (Å²) < 4.78 is 9.88. The molecule has 1 aromatic carbocycles. The summed E-state index contributed by atoms with van der Waals surface area (Å²) >= 11 is 1.11. The monoisotopic (exact) mass is 310 g/mol. The normalized spacial score (nSPS) is 10.0. The number of rotatable bonds is 6. The molecule has 0 aliphatic heterocycles. The van der Waals surface area contributed by atoms with Gasteiger partial charge in [-0.15, -0.1) is 0 Å². The molecule has 0 atom stereocenters. The van der Waals surface area contributed by atoms with E-state index >= 15 is 0 Å². The van der Waals surface area contributed by atoms with Crippen LogP contribution in [0.2, 0.25) is 0 Å². The minimum Gasteiger partial charge on any atom is -0.462 e. The zero-order valence-corrected chi connectivity index (χ0v) is 13.1. The number of carbonyl (C=O) groups excluding carboxylic acids is 3. The maximum Gasteiger partial charge on any atom is 0.338 e. The van der Waals surface area contributed by atoms with Crippen LogP contribution >= 0.6 is 11.8 Å². The van der Waals surface area contributed by atoms with Crippen molar-refractivity contribution < 1.29 is 23.9 Å². The van der Waals surface area contributed by atoms with Crippen molar-refractivity contribution in [1.29, 1.82) is 0 Å². The lowest BCUT2D eigenvalue weighted by molar-refractivity contribution is -0.109. The van der Waals surface area contributed by atoms with E-state index in [1.807, 2.05) is 0 Å². The van der Waals surface area contributed by atoms with Gasteiger partial charge in [0.25, 0.3) is 0 Å². The topological polar surface area (TPSA) is 69.7 Å². The maximum absolute atomic E-state index is 11.8. The highest BCUT2D eigenvalue weighted by atomic mass is 32.2. The average molecular weight is 310 g/mol. The van der Waals surface area contributed by atoms with Crippen molar-refractivity contribution >= 4 is 28.8 Å². The third kappa shape index (κ3) is 5.59. The Balaban J connectivity index is 3.09. The summed E-state index contributed by atoms with van der Waals surface area (Å²) in [6, 6.07) is 4.69. The van der Waals surface area contributed by atoms with Crippen LogP contribution in [0.1, 0.15) is 47.1 Å². The molecule has 0 saturated heterocycles. The minimum absolute atomic E-state index is 0.0331. The van der Waals surface area contributed by atoms with E-state index < -0.39 is 11.9 Å². The predicted octanol–water partition coefficient (Wildman–Crippen LogP) is 2.82. The van der Waals surface area contributed by atoms with E-state index in [-0.39, 0.29) is 29.5 Å². The van der Waals surface area contributed by atoms with Crippen LogP contribution in [0.4, 0.5) is 0 Å². The SMILES string of the molecule is CCOC(=O)c1cc(CSC(C)=O)cc(C(=O)OCC)c1. The molecule has 21 heavy (non-hydrogen) atoms. The van der Waals surface area contributed by atoms with E-state index in [1.165, 1.54) is 13.0 Å². The lowest BCUT2D eigenvalue weighted by Crippen LogP contribution is -2.10. The zero-order chi connectivity index (χ0) is 15.8. The molecule has 0 heterocycles. The number of ether oxygens (including phenoxy) is 2. The van der Waals surface area contributed by atoms with Crippen LogP contribution in [0.3, 0.4) is 0 Å². The first kappa shape index (κ1) is 17.2. The molecular weight excluding hydrogens is 292 g/mol. The van der Waals surface area contributed by atoms with Gasteiger partial charge in [-0.05, 0) is 37.6 Å². The number of benzene rings is 1. The quantitative estimate of drug-likeness (QED) is 0.753. The number of esters is 2. The van der Waals surface area contributed by atoms with Gasteiger partial charge >= 0.3 is 11.9 Å². The van der Waals surface area contributed by atoms with Crippen LogP contribution in [0, 0.1) is 0 Å². The highest BCUT2D eigenvalue weighted by Crippen LogP contribution is 2.18. The van der Waals surface area contributed by atoms with Gasteiger partial charge < -0.3 is 9.47 Å². The van der Waals surface area contributed by atoms with E-state index in [0.29, 0.717) is 11.3 Å². The number of hydrogen-bond donors (Lipinski definition) is 0. The van der Waals surface area contributed by atoms with Gasteiger partial charge in [0.15, 0.2) is 5.12 Å².